The van der Waals surface area contributed by atoms with E-state index in [9.17, 15) is 4.79 Å². The summed E-state index contributed by atoms with van der Waals surface area (Å²) < 4.78 is 5.50. The SMILES string of the molecule is CC(C)(C)OC(=O)N(CCNCCCc1ccccc1)C1CC1. The van der Waals surface area contributed by atoms with E-state index in [2.05, 4.69) is 29.6 Å². The van der Waals surface area contributed by atoms with Gasteiger partial charge < -0.3 is 15.0 Å². The Morgan fingerprint density at radius 3 is 2.52 bits per heavy atom. The van der Waals surface area contributed by atoms with Crippen LogP contribution in [0.25, 0.3) is 0 Å². The maximum atomic E-state index is 12.2. The Balaban J connectivity index is 1.62. The lowest BCUT2D eigenvalue weighted by Gasteiger charge is -2.27. The number of hydrogen-bond acceptors (Lipinski definition) is 3. The molecule has 0 bridgehead atoms. The predicted molar refractivity (Wildman–Crippen MR) is 93.6 cm³/mol. The van der Waals surface area contributed by atoms with Gasteiger partial charge in [-0.25, -0.2) is 4.79 Å². The van der Waals surface area contributed by atoms with Crippen molar-refractivity contribution < 1.29 is 9.53 Å². The summed E-state index contributed by atoms with van der Waals surface area (Å²) in [5.41, 5.74) is 0.954. The van der Waals surface area contributed by atoms with Crippen LogP contribution in [0.4, 0.5) is 4.79 Å². The second kappa shape index (κ2) is 8.34. The van der Waals surface area contributed by atoms with Crippen LogP contribution in [-0.4, -0.2) is 42.3 Å². The zero-order valence-electron chi connectivity index (χ0n) is 14.7. The van der Waals surface area contributed by atoms with Gasteiger partial charge in [0.05, 0.1) is 0 Å². The van der Waals surface area contributed by atoms with Crippen LogP contribution < -0.4 is 5.32 Å². The van der Waals surface area contributed by atoms with Crippen molar-refractivity contribution in [3.63, 3.8) is 0 Å². The number of rotatable bonds is 8. The molecule has 0 aliphatic heterocycles. The van der Waals surface area contributed by atoms with Crippen molar-refractivity contribution in [2.24, 2.45) is 0 Å². The molecule has 0 heterocycles. The van der Waals surface area contributed by atoms with Crippen LogP contribution in [0, 0.1) is 0 Å². The molecule has 0 spiro atoms. The van der Waals surface area contributed by atoms with Crippen LogP contribution >= 0.6 is 0 Å². The van der Waals surface area contributed by atoms with Crippen molar-refractivity contribution in [2.75, 3.05) is 19.6 Å². The number of benzene rings is 1. The van der Waals surface area contributed by atoms with Gasteiger partial charge in [-0.3, -0.25) is 0 Å². The summed E-state index contributed by atoms with van der Waals surface area (Å²) in [7, 11) is 0. The van der Waals surface area contributed by atoms with Crippen LogP contribution in [0.5, 0.6) is 0 Å². The normalized spacial score (nSPS) is 14.6. The third-order valence-corrected chi connectivity index (χ3v) is 3.81. The second-order valence-electron chi connectivity index (χ2n) is 7.24. The summed E-state index contributed by atoms with van der Waals surface area (Å²) >= 11 is 0. The molecule has 1 saturated carbocycles. The minimum atomic E-state index is -0.423. The first-order valence-corrected chi connectivity index (χ1v) is 8.70. The van der Waals surface area contributed by atoms with Gasteiger partial charge in [0.15, 0.2) is 0 Å². The molecule has 1 aliphatic carbocycles. The molecule has 2 rings (SSSR count). The number of carbonyl (C=O) groups is 1. The van der Waals surface area contributed by atoms with Crippen LogP contribution in [0.1, 0.15) is 45.6 Å². The van der Waals surface area contributed by atoms with E-state index < -0.39 is 5.60 Å². The van der Waals surface area contributed by atoms with Gasteiger partial charge in [0.1, 0.15) is 5.60 Å². The van der Waals surface area contributed by atoms with Gasteiger partial charge in [-0.2, -0.15) is 0 Å². The van der Waals surface area contributed by atoms with E-state index in [0.29, 0.717) is 6.04 Å². The van der Waals surface area contributed by atoms with Crippen molar-refractivity contribution in [1.29, 1.82) is 0 Å². The summed E-state index contributed by atoms with van der Waals surface area (Å²) in [6, 6.07) is 10.9. The summed E-state index contributed by atoms with van der Waals surface area (Å²) in [5, 5.41) is 3.44. The van der Waals surface area contributed by atoms with Crippen LogP contribution in [-0.2, 0) is 11.2 Å². The first-order chi connectivity index (χ1) is 11.0. The third-order valence-electron chi connectivity index (χ3n) is 3.81. The van der Waals surface area contributed by atoms with Gasteiger partial charge in [-0.1, -0.05) is 30.3 Å². The van der Waals surface area contributed by atoms with Gasteiger partial charge in [0.2, 0.25) is 0 Å². The standard InChI is InChI=1S/C19H30N2O2/c1-19(2,3)23-18(22)21(17-11-12-17)15-14-20-13-7-10-16-8-5-4-6-9-16/h4-6,8-9,17,20H,7,10-15H2,1-3H3. The van der Waals surface area contributed by atoms with E-state index in [1.807, 2.05) is 31.7 Å². The third kappa shape index (κ3) is 7.04. The Kier molecular flexibility index (Phi) is 6.46. The molecule has 23 heavy (non-hydrogen) atoms. The van der Waals surface area contributed by atoms with Crippen LogP contribution in [0.3, 0.4) is 0 Å². The monoisotopic (exact) mass is 318 g/mol. The molecule has 4 heteroatoms. The molecule has 1 amide bonds. The summed E-state index contributed by atoms with van der Waals surface area (Å²) in [6.07, 6.45) is 4.23. The second-order valence-corrected chi connectivity index (χ2v) is 7.24. The van der Waals surface area contributed by atoms with Crippen molar-refractivity contribution in [1.82, 2.24) is 10.2 Å². The molecule has 0 unspecified atom stereocenters. The minimum absolute atomic E-state index is 0.175. The number of ether oxygens (including phenoxy) is 1. The highest BCUT2D eigenvalue weighted by molar-refractivity contribution is 5.69. The largest absolute Gasteiger partial charge is 0.444 e. The summed E-state index contributed by atoms with van der Waals surface area (Å²) in [4.78, 5) is 14.1. The molecule has 0 aromatic heterocycles. The maximum absolute atomic E-state index is 12.2. The Hall–Kier alpha value is -1.55. The molecular formula is C19H30N2O2. The maximum Gasteiger partial charge on any atom is 0.410 e. The Labute approximate surface area is 140 Å². The minimum Gasteiger partial charge on any atom is -0.444 e. The van der Waals surface area contributed by atoms with Gasteiger partial charge >= 0.3 is 6.09 Å². The van der Waals surface area contributed by atoms with E-state index in [-0.39, 0.29) is 6.09 Å². The predicted octanol–water partition coefficient (Wildman–Crippen LogP) is 3.61. The molecule has 1 fully saturated rings. The Bertz CT molecular complexity index is 478. The Morgan fingerprint density at radius 2 is 1.91 bits per heavy atom. The average Bonchev–Trinajstić information content (AvgIpc) is 3.30. The first kappa shape index (κ1) is 17.8. The van der Waals surface area contributed by atoms with E-state index in [1.165, 1.54) is 5.56 Å². The average molecular weight is 318 g/mol. The van der Waals surface area contributed by atoms with Crippen LogP contribution in [0.15, 0.2) is 30.3 Å². The van der Waals surface area contributed by atoms with E-state index in [4.69, 9.17) is 4.74 Å². The van der Waals surface area contributed by atoms with Crippen LogP contribution in [0.2, 0.25) is 0 Å². The molecular weight excluding hydrogens is 288 g/mol. The molecule has 0 radical (unpaired) electrons. The molecule has 0 saturated heterocycles. The van der Waals surface area contributed by atoms with Gasteiger partial charge in [-0.05, 0) is 58.6 Å². The van der Waals surface area contributed by atoms with E-state index in [0.717, 1.165) is 45.3 Å². The quantitative estimate of drug-likeness (QED) is 0.745. The highest BCUT2D eigenvalue weighted by atomic mass is 16.6. The molecule has 0 atom stereocenters. The number of hydrogen-bond donors (Lipinski definition) is 1. The van der Waals surface area contributed by atoms with Gasteiger partial charge in [0.25, 0.3) is 0 Å². The fourth-order valence-corrected chi connectivity index (χ4v) is 2.52. The molecule has 4 nitrogen and oxygen atoms in total. The van der Waals surface area contributed by atoms with E-state index >= 15 is 0 Å². The Morgan fingerprint density at radius 1 is 1.22 bits per heavy atom. The highest BCUT2D eigenvalue weighted by Gasteiger charge is 2.34. The lowest BCUT2D eigenvalue weighted by atomic mass is 10.1. The highest BCUT2D eigenvalue weighted by Crippen LogP contribution is 2.27. The number of carbonyl (C=O) groups excluding carboxylic acids is 1. The van der Waals surface area contributed by atoms with Crippen molar-refractivity contribution in [3.05, 3.63) is 35.9 Å². The van der Waals surface area contributed by atoms with Gasteiger partial charge in [-0.15, -0.1) is 0 Å². The smallest absolute Gasteiger partial charge is 0.410 e. The summed E-state index contributed by atoms with van der Waals surface area (Å²) in [6.45, 7) is 8.27. The zero-order valence-corrected chi connectivity index (χ0v) is 14.7. The topological polar surface area (TPSA) is 41.6 Å². The summed E-state index contributed by atoms with van der Waals surface area (Å²) in [5.74, 6) is 0. The van der Waals surface area contributed by atoms with Gasteiger partial charge in [0, 0.05) is 19.1 Å². The van der Waals surface area contributed by atoms with Crippen molar-refractivity contribution in [2.45, 2.75) is 58.1 Å². The molecule has 1 N–H and O–H groups in total. The first-order valence-electron chi connectivity index (χ1n) is 8.70. The lowest BCUT2D eigenvalue weighted by molar-refractivity contribution is 0.0236. The molecule has 1 aromatic carbocycles. The number of aryl methyl sites for hydroxylation is 1. The fourth-order valence-electron chi connectivity index (χ4n) is 2.52. The molecule has 1 aromatic rings. The van der Waals surface area contributed by atoms with E-state index in [1.54, 1.807) is 0 Å². The lowest BCUT2D eigenvalue weighted by Crippen LogP contribution is -2.41. The zero-order chi connectivity index (χ0) is 16.7. The molecule has 1 aliphatic rings. The molecule has 128 valence electrons. The van der Waals surface area contributed by atoms with Crippen molar-refractivity contribution >= 4 is 6.09 Å². The van der Waals surface area contributed by atoms with Crippen molar-refractivity contribution in [3.8, 4) is 0 Å². The fraction of sp³-hybridized carbons (Fsp3) is 0.632. The number of nitrogens with zero attached hydrogens (tertiary/aromatic N) is 1. The number of amides is 1. The number of nitrogens with one attached hydrogen (secondary N) is 1.